The van der Waals surface area contributed by atoms with Gasteiger partial charge in [-0.1, -0.05) is 12.1 Å². The van der Waals surface area contributed by atoms with Crippen LogP contribution in [0.25, 0.3) is 10.9 Å². The molecule has 2 rings (SSSR count). The first-order valence-corrected chi connectivity index (χ1v) is 5.08. The van der Waals surface area contributed by atoms with E-state index in [1.54, 1.807) is 18.2 Å². The van der Waals surface area contributed by atoms with Crippen molar-refractivity contribution in [3.63, 3.8) is 0 Å². The molecule has 0 fully saturated rings. The fourth-order valence-corrected chi connectivity index (χ4v) is 1.98. The minimum Gasteiger partial charge on any atom is -0.360 e. The number of aromatic amines is 1. The van der Waals surface area contributed by atoms with Crippen molar-refractivity contribution in [2.45, 2.75) is 12.6 Å². The fourth-order valence-electron chi connectivity index (χ4n) is 1.50. The van der Waals surface area contributed by atoms with E-state index < -0.39 is 12.6 Å². The average Bonchev–Trinajstić information content (AvgIpc) is 2.61. The molecule has 1 aromatic carbocycles. The summed E-state index contributed by atoms with van der Waals surface area (Å²) in [6.45, 7) is 0. The molecular formula is C10H7BrF3N. The zero-order chi connectivity index (χ0) is 11.0. The Hall–Kier alpha value is -0.970. The zero-order valence-corrected chi connectivity index (χ0v) is 9.06. The van der Waals surface area contributed by atoms with Crippen molar-refractivity contribution in [2.24, 2.45) is 0 Å². The molecule has 15 heavy (non-hydrogen) atoms. The largest absolute Gasteiger partial charge is 0.360 e. The molecule has 0 bridgehead atoms. The van der Waals surface area contributed by atoms with E-state index in [9.17, 15) is 13.2 Å². The molecule has 1 heterocycles. The molecule has 0 saturated carbocycles. The molecular weight excluding hydrogens is 271 g/mol. The Bertz CT molecular complexity index is 480. The standard InChI is InChI=1S/C10H7BrF3N/c11-7-3-1-2-5-6(4-15-9(5)7)8(12)10(13)14/h1-4,8,10,15H. The number of aromatic nitrogens is 1. The smallest absolute Gasteiger partial charge is 0.273 e. The third-order valence-corrected chi connectivity index (χ3v) is 2.88. The van der Waals surface area contributed by atoms with Crippen molar-refractivity contribution in [3.05, 3.63) is 34.4 Å². The number of hydrogen-bond donors (Lipinski definition) is 1. The Morgan fingerprint density at radius 2 is 1.93 bits per heavy atom. The van der Waals surface area contributed by atoms with Crippen molar-refractivity contribution in [3.8, 4) is 0 Å². The van der Waals surface area contributed by atoms with E-state index in [2.05, 4.69) is 20.9 Å². The van der Waals surface area contributed by atoms with Crippen molar-refractivity contribution >= 4 is 26.8 Å². The monoisotopic (exact) mass is 277 g/mol. The summed E-state index contributed by atoms with van der Waals surface area (Å²) >= 11 is 3.26. The number of para-hydroxylation sites is 1. The van der Waals surface area contributed by atoms with Crippen molar-refractivity contribution in [2.75, 3.05) is 0 Å². The van der Waals surface area contributed by atoms with E-state index in [0.717, 1.165) is 4.47 Å². The van der Waals surface area contributed by atoms with Crippen LogP contribution in [-0.2, 0) is 0 Å². The highest BCUT2D eigenvalue weighted by atomic mass is 79.9. The number of H-pyrrole nitrogens is 1. The maximum atomic E-state index is 13.2. The summed E-state index contributed by atoms with van der Waals surface area (Å²) in [4.78, 5) is 2.77. The highest BCUT2D eigenvalue weighted by Crippen LogP contribution is 2.33. The average molecular weight is 278 g/mol. The molecule has 80 valence electrons. The molecule has 0 aliphatic rings. The number of hydrogen-bond acceptors (Lipinski definition) is 0. The SMILES string of the molecule is FC(F)C(F)c1c[nH]c2c(Br)cccc12. The number of fused-ring (bicyclic) bond motifs is 1. The molecule has 1 aromatic heterocycles. The van der Waals surface area contributed by atoms with E-state index in [0.29, 0.717) is 10.9 Å². The Morgan fingerprint density at radius 1 is 1.20 bits per heavy atom. The van der Waals surface area contributed by atoms with Crippen LogP contribution in [0.3, 0.4) is 0 Å². The van der Waals surface area contributed by atoms with E-state index in [-0.39, 0.29) is 5.56 Å². The van der Waals surface area contributed by atoms with Crippen LogP contribution < -0.4 is 0 Å². The third kappa shape index (κ3) is 1.76. The van der Waals surface area contributed by atoms with Crippen LogP contribution in [0.2, 0.25) is 0 Å². The third-order valence-electron chi connectivity index (χ3n) is 2.21. The van der Waals surface area contributed by atoms with Gasteiger partial charge in [0.15, 0.2) is 6.17 Å². The molecule has 1 N–H and O–H groups in total. The predicted molar refractivity (Wildman–Crippen MR) is 55.9 cm³/mol. The van der Waals surface area contributed by atoms with Gasteiger partial charge in [0.1, 0.15) is 0 Å². The van der Waals surface area contributed by atoms with Crippen LogP contribution in [0, 0.1) is 0 Å². The van der Waals surface area contributed by atoms with Gasteiger partial charge < -0.3 is 4.98 Å². The second-order valence-corrected chi connectivity index (χ2v) is 4.00. The highest BCUT2D eigenvalue weighted by Gasteiger charge is 2.24. The molecule has 5 heteroatoms. The molecule has 1 atom stereocenters. The maximum absolute atomic E-state index is 13.2. The summed E-state index contributed by atoms with van der Waals surface area (Å²) < 4.78 is 38.3. The predicted octanol–water partition coefficient (Wildman–Crippen LogP) is 4.21. The second kappa shape index (κ2) is 3.89. The molecule has 1 unspecified atom stereocenters. The Balaban J connectivity index is 2.59. The van der Waals surface area contributed by atoms with Crippen LogP contribution in [0.15, 0.2) is 28.9 Å². The number of benzene rings is 1. The van der Waals surface area contributed by atoms with Gasteiger partial charge in [-0.05, 0) is 22.0 Å². The van der Waals surface area contributed by atoms with Gasteiger partial charge in [0, 0.05) is 21.6 Å². The molecule has 0 aliphatic heterocycles. The lowest BCUT2D eigenvalue weighted by Gasteiger charge is -2.05. The van der Waals surface area contributed by atoms with Gasteiger partial charge in [-0.2, -0.15) is 0 Å². The molecule has 0 aliphatic carbocycles. The Morgan fingerprint density at radius 3 is 2.60 bits per heavy atom. The molecule has 0 radical (unpaired) electrons. The van der Waals surface area contributed by atoms with Gasteiger partial charge >= 0.3 is 0 Å². The quantitative estimate of drug-likeness (QED) is 0.847. The van der Waals surface area contributed by atoms with Crippen molar-refractivity contribution < 1.29 is 13.2 Å². The number of halogens is 4. The molecule has 2 aromatic rings. The van der Waals surface area contributed by atoms with E-state index in [4.69, 9.17) is 0 Å². The first kappa shape index (κ1) is 10.5. The maximum Gasteiger partial charge on any atom is 0.273 e. The van der Waals surface area contributed by atoms with Gasteiger partial charge in [-0.15, -0.1) is 0 Å². The molecule has 0 amide bonds. The highest BCUT2D eigenvalue weighted by molar-refractivity contribution is 9.10. The Labute approximate surface area is 92.4 Å². The van der Waals surface area contributed by atoms with E-state index >= 15 is 0 Å². The summed E-state index contributed by atoms with van der Waals surface area (Å²) in [5, 5.41) is 0.483. The van der Waals surface area contributed by atoms with Gasteiger partial charge in [-0.3, -0.25) is 0 Å². The molecule has 0 spiro atoms. The summed E-state index contributed by atoms with van der Waals surface area (Å²) in [6.07, 6.45) is -3.96. The lowest BCUT2D eigenvalue weighted by atomic mass is 10.1. The molecule has 0 saturated heterocycles. The topological polar surface area (TPSA) is 15.8 Å². The van der Waals surface area contributed by atoms with Gasteiger partial charge in [0.2, 0.25) is 0 Å². The second-order valence-electron chi connectivity index (χ2n) is 3.14. The van der Waals surface area contributed by atoms with Gasteiger partial charge in [0.05, 0.1) is 5.52 Å². The summed E-state index contributed by atoms with van der Waals surface area (Å²) in [5.41, 5.74) is 0.636. The summed E-state index contributed by atoms with van der Waals surface area (Å²) in [7, 11) is 0. The summed E-state index contributed by atoms with van der Waals surface area (Å²) in [6, 6.07) is 5.06. The van der Waals surface area contributed by atoms with Crippen molar-refractivity contribution in [1.82, 2.24) is 4.98 Å². The zero-order valence-electron chi connectivity index (χ0n) is 7.48. The lowest BCUT2D eigenvalue weighted by molar-refractivity contribution is 0.0503. The first-order chi connectivity index (χ1) is 7.11. The van der Waals surface area contributed by atoms with Crippen LogP contribution >= 0.6 is 15.9 Å². The van der Waals surface area contributed by atoms with E-state index in [1.165, 1.54) is 6.20 Å². The first-order valence-electron chi connectivity index (χ1n) is 4.29. The van der Waals surface area contributed by atoms with Gasteiger partial charge in [0.25, 0.3) is 6.43 Å². The van der Waals surface area contributed by atoms with Crippen LogP contribution in [0.5, 0.6) is 0 Å². The minimum atomic E-state index is -3.00. The summed E-state index contributed by atoms with van der Waals surface area (Å²) in [5.74, 6) is 0. The molecule has 1 nitrogen and oxygen atoms in total. The van der Waals surface area contributed by atoms with Crippen LogP contribution in [0.4, 0.5) is 13.2 Å². The minimum absolute atomic E-state index is 0.00120. The number of nitrogens with one attached hydrogen (secondary N) is 1. The van der Waals surface area contributed by atoms with Crippen LogP contribution in [0.1, 0.15) is 11.7 Å². The number of rotatable bonds is 2. The number of alkyl halides is 3. The van der Waals surface area contributed by atoms with Gasteiger partial charge in [-0.25, -0.2) is 13.2 Å². The Kier molecular flexibility index (Phi) is 2.73. The normalized spacial score (nSPS) is 13.7. The van der Waals surface area contributed by atoms with Crippen molar-refractivity contribution in [1.29, 1.82) is 0 Å². The van der Waals surface area contributed by atoms with E-state index in [1.807, 2.05) is 0 Å². The fraction of sp³-hybridized carbons (Fsp3) is 0.200. The lowest BCUT2D eigenvalue weighted by Crippen LogP contribution is -2.01. The van der Waals surface area contributed by atoms with Crippen LogP contribution in [-0.4, -0.2) is 11.4 Å².